The van der Waals surface area contributed by atoms with E-state index in [-0.39, 0.29) is 22.2 Å². The quantitative estimate of drug-likeness (QED) is 0.281. The summed E-state index contributed by atoms with van der Waals surface area (Å²) in [6, 6.07) is 3.70. The van der Waals surface area contributed by atoms with Crippen LogP contribution >= 0.6 is 0 Å². The first-order chi connectivity index (χ1) is 11.3. The second-order valence-electron chi connectivity index (χ2n) is 4.96. The zero-order chi connectivity index (χ0) is 18.2. The molecule has 0 spiro atoms. The van der Waals surface area contributed by atoms with Crippen molar-refractivity contribution in [1.82, 2.24) is 4.72 Å². The van der Waals surface area contributed by atoms with Crippen LogP contribution in [0.15, 0.2) is 23.1 Å². The van der Waals surface area contributed by atoms with Crippen molar-refractivity contribution in [3.8, 4) is 0 Å². The second kappa shape index (κ2) is 9.18. The molecule has 0 aliphatic heterocycles. The number of nitrogens with zero attached hydrogens (tertiary/aromatic N) is 1. The summed E-state index contributed by atoms with van der Waals surface area (Å²) >= 11 is 0. The van der Waals surface area contributed by atoms with Crippen LogP contribution in [0.4, 0.5) is 11.4 Å². The van der Waals surface area contributed by atoms with Crippen molar-refractivity contribution in [2.75, 3.05) is 26.0 Å². The summed E-state index contributed by atoms with van der Waals surface area (Å²) in [6.45, 7) is 0.472. The maximum atomic E-state index is 11.7. The van der Waals surface area contributed by atoms with E-state index in [1.807, 2.05) is 0 Å². The zero-order valence-corrected chi connectivity index (χ0v) is 14.4. The fourth-order valence-electron chi connectivity index (χ4n) is 1.99. The number of carbonyl (C=O) groups is 1. The molecule has 134 valence electrons. The van der Waals surface area contributed by atoms with E-state index in [0.29, 0.717) is 25.8 Å². The summed E-state index contributed by atoms with van der Waals surface area (Å²) < 4.78 is 30.1. The third kappa shape index (κ3) is 5.78. The van der Waals surface area contributed by atoms with Crippen LogP contribution in [0.1, 0.15) is 25.7 Å². The average Bonchev–Trinajstić information content (AvgIpc) is 2.57. The van der Waals surface area contributed by atoms with E-state index in [1.54, 1.807) is 0 Å². The Morgan fingerprint density at radius 1 is 1.29 bits per heavy atom. The molecule has 0 amide bonds. The summed E-state index contributed by atoms with van der Waals surface area (Å²) in [5.41, 5.74) is -0.0519. The first-order valence-electron chi connectivity index (χ1n) is 7.34. The molecule has 2 N–H and O–H groups in total. The molecular weight excluding hydrogens is 338 g/mol. The Hall–Kier alpha value is -2.20. The largest absolute Gasteiger partial charge is 0.469 e. The fourth-order valence-corrected chi connectivity index (χ4v) is 2.74. The lowest BCUT2D eigenvalue weighted by Crippen LogP contribution is -2.18. The SMILES string of the molecule is CNS(=O)(=O)c1ccc(NCCCCCC(=O)OC)c([N+](=O)[O-])c1. The number of sulfonamides is 1. The number of hydrogen-bond acceptors (Lipinski definition) is 7. The molecule has 0 fully saturated rings. The van der Waals surface area contributed by atoms with Gasteiger partial charge >= 0.3 is 5.97 Å². The number of carbonyl (C=O) groups excluding carboxylic acids is 1. The highest BCUT2D eigenvalue weighted by Gasteiger charge is 2.20. The number of nitro benzene ring substituents is 1. The van der Waals surface area contributed by atoms with Crippen molar-refractivity contribution in [1.29, 1.82) is 0 Å². The monoisotopic (exact) mass is 359 g/mol. The van der Waals surface area contributed by atoms with Gasteiger partial charge < -0.3 is 10.1 Å². The van der Waals surface area contributed by atoms with Crippen LogP contribution in [0.5, 0.6) is 0 Å². The Morgan fingerprint density at radius 2 is 2.00 bits per heavy atom. The predicted octanol–water partition coefficient (Wildman–Crippen LogP) is 1.65. The van der Waals surface area contributed by atoms with Gasteiger partial charge in [0.2, 0.25) is 10.0 Å². The van der Waals surface area contributed by atoms with E-state index >= 15 is 0 Å². The second-order valence-corrected chi connectivity index (χ2v) is 6.84. The molecule has 0 heterocycles. The number of rotatable bonds is 10. The summed E-state index contributed by atoms with van der Waals surface area (Å²) in [5.74, 6) is -0.264. The molecule has 0 saturated heterocycles. The van der Waals surface area contributed by atoms with Crippen molar-refractivity contribution in [3.63, 3.8) is 0 Å². The number of anilines is 1. The van der Waals surface area contributed by atoms with Gasteiger partial charge in [-0.25, -0.2) is 13.1 Å². The third-order valence-electron chi connectivity index (χ3n) is 3.35. The zero-order valence-electron chi connectivity index (χ0n) is 13.6. The number of nitro groups is 1. The number of nitrogens with one attached hydrogen (secondary N) is 2. The Morgan fingerprint density at radius 3 is 2.58 bits per heavy atom. The molecule has 0 saturated carbocycles. The van der Waals surface area contributed by atoms with Crippen LogP contribution in [0.25, 0.3) is 0 Å². The van der Waals surface area contributed by atoms with Gasteiger partial charge in [0, 0.05) is 19.0 Å². The lowest BCUT2D eigenvalue weighted by atomic mass is 10.2. The molecule has 24 heavy (non-hydrogen) atoms. The van der Waals surface area contributed by atoms with Crippen molar-refractivity contribution in [2.24, 2.45) is 0 Å². The van der Waals surface area contributed by atoms with Crippen LogP contribution in [0.2, 0.25) is 0 Å². The van der Waals surface area contributed by atoms with E-state index in [4.69, 9.17) is 0 Å². The summed E-state index contributed by atoms with van der Waals surface area (Å²) in [7, 11) is -1.17. The normalized spacial score (nSPS) is 11.1. The van der Waals surface area contributed by atoms with Gasteiger partial charge in [-0.15, -0.1) is 0 Å². The molecule has 0 unspecified atom stereocenters. The summed E-state index contributed by atoms with van der Waals surface area (Å²) in [4.78, 5) is 21.3. The van der Waals surface area contributed by atoms with Crippen LogP contribution < -0.4 is 10.0 Å². The van der Waals surface area contributed by atoms with E-state index in [9.17, 15) is 23.3 Å². The first kappa shape index (κ1) is 19.8. The third-order valence-corrected chi connectivity index (χ3v) is 4.76. The summed E-state index contributed by atoms with van der Waals surface area (Å²) in [6.07, 6.45) is 2.50. The molecule has 10 heteroatoms. The number of benzene rings is 1. The molecule has 1 aromatic rings. The van der Waals surface area contributed by atoms with Gasteiger partial charge in [0.15, 0.2) is 0 Å². The van der Waals surface area contributed by atoms with Gasteiger partial charge in [-0.1, -0.05) is 6.42 Å². The molecule has 0 aliphatic rings. The number of hydrogen-bond donors (Lipinski definition) is 2. The lowest BCUT2D eigenvalue weighted by molar-refractivity contribution is -0.384. The molecule has 9 nitrogen and oxygen atoms in total. The topological polar surface area (TPSA) is 128 Å². The Bertz CT molecular complexity index is 690. The minimum atomic E-state index is -3.74. The minimum absolute atomic E-state index is 0.166. The average molecular weight is 359 g/mol. The van der Waals surface area contributed by atoms with Crippen LogP contribution in [0, 0.1) is 10.1 Å². The molecule has 0 atom stereocenters. The Kier molecular flexibility index (Phi) is 7.59. The number of esters is 1. The molecule has 0 bridgehead atoms. The van der Waals surface area contributed by atoms with Crippen LogP contribution in [-0.2, 0) is 19.6 Å². The van der Waals surface area contributed by atoms with Crippen molar-refractivity contribution < 1.29 is 22.9 Å². The van der Waals surface area contributed by atoms with Gasteiger partial charge in [-0.2, -0.15) is 0 Å². The van der Waals surface area contributed by atoms with Crippen molar-refractivity contribution in [3.05, 3.63) is 28.3 Å². The van der Waals surface area contributed by atoms with E-state index in [1.165, 1.54) is 26.3 Å². The van der Waals surface area contributed by atoms with Gasteiger partial charge in [0.25, 0.3) is 5.69 Å². The maximum Gasteiger partial charge on any atom is 0.305 e. The highest BCUT2D eigenvalue weighted by atomic mass is 32.2. The standard InChI is InChI=1S/C14H21N3O6S/c1-15-24(21,22)11-7-8-12(13(10-11)17(19)20)16-9-5-3-4-6-14(18)23-2/h7-8,10,15-16H,3-6,9H2,1-2H3. The first-order valence-corrected chi connectivity index (χ1v) is 8.83. The molecule has 0 radical (unpaired) electrons. The fraction of sp³-hybridized carbons (Fsp3) is 0.500. The van der Waals surface area contributed by atoms with Gasteiger partial charge in [-0.05, 0) is 32.0 Å². The Labute approximate surface area is 140 Å². The number of methoxy groups -OCH3 is 1. The molecule has 1 aromatic carbocycles. The lowest BCUT2D eigenvalue weighted by Gasteiger charge is -2.09. The van der Waals surface area contributed by atoms with Gasteiger partial charge in [0.05, 0.1) is 16.9 Å². The van der Waals surface area contributed by atoms with Crippen LogP contribution in [0.3, 0.4) is 0 Å². The van der Waals surface area contributed by atoms with E-state index < -0.39 is 14.9 Å². The Balaban J connectivity index is 2.65. The van der Waals surface area contributed by atoms with Crippen molar-refractivity contribution in [2.45, 2.75) is 30.6 Å². The number of unbranched alkanes of at least 4 members (excludes halogenated alkanes) is 2. The van der Waals surface area contributed by atoms with E-state index in [0.717, 1.165) is 12.5 Å². The molecule has 0 aliphatic carbocycles. The predicted molar refractivity (Wildman–Crippen MR) is 88.3 cm³/mol. The van der Waals surface area contributed by atoms with Crippen LogP contribution in [-0.4, -0.2) is 40.0 Å². The van der Waals surface area contributed by atoms with Crippen molar-refractivity contribution >= 4 is 27.4 Å². The number of ether oxygens (including phenoxy) is 1. The highest BCUT2D eigenvalue weighted by Crippen LogP contribution is 2.27. The maximum absolute atomic E-state index is 11.7. The van der Waals surface area contributed by atoms with E-state index in [2.05, 4.69) is 14.8 Å². The smallest absolute Gasteiger partial charge is 0.305 e. The molecule has 0 aromatic heterocycles. The van der Waals surface area contributed by atoms with Gasteiger partial charge in [-0.3, -0.25) is 14.9 Å². The molecular formula is C14H21N3O6S. The minimum Gasteiger partial charge on any atom is -0.469 e. The molecule has 1 rings (SSSR count). The van der Waals surface area contributed by atoms with Gasteiger partial charge in [0.1, 0.15) is 5.69 Å². The summed E-state index contributed by atoms with van der Waals surface area (Å²) in [5, 5.41) is 14.1. The highest BCUT2D eigenvalue weighted by molar-refractivity contribution is 7.89.